The molecule has 5 rings (SSSR count). The topological polar surface area (TPSA) is 84.9 Å². The summed E-state index contributed by atoms with van der Waals surface area (Å²) in [5.74, 6) is 2.71. The van der Waals surface area contributed by atoms with Gasteiger partial charge in [-0.3, -0.25) is 9.10 Å². The van der Waals surface area contributed by atoms with Crippen molar-refractivity contribution in [2.24, 2.45) is 5.92 Å². The standard InChI is InChI=1S/C21H22N2O5S2/c1-27-17-8-4-16(5-9-17)23-11-14-10-21(14,30(23,25)26)20(24)22-15-2-6-18(7-3-15)28-19-12-29-13-19/h2-9,14,19H,10-13H2,1H3,(H,22,24)/t14-,21-/m0/s1. The van der Waals surface area contributed by atoms with E-state index in [1.54, 1.807) is 55.6 Å². The highest BCUT2D eigenvalue weighted by molar-refractivity contribution is 8.00. The molecule has 2 atom stereocenters. The number of hydrogen-bond acceptors (Lipinski definition) is 6. The molecule has 3 fully saturated rings. The molecule has 0 bridgehead atoms. The highest BCUT2D eigenvalue weighted by Gasteiger charge is 2.75. The van der Waals surface area contributed by atoms with Gasteiger partial charge in [0, 0.05) is 29.7 Å². The summed E-state index contributed by atoms with van der Waals surface area (Å²) in [5, 5.41) is 2.80. The molecule has 7 nitrogen and oxygen atoms in total. The normalized spacial score (nSPS) is 26.4. The molecule has 1 amide bonds. The number of hydrogen-bond donors (Lipinski definition) is 1. The van der Waals surface area contributed by atoms with Gasteiger partial charge in [-0.25, -0.2) is 8.42 Å². The minimum absolute atomic E-state index is 0.205. The van der Waals surface area contributed by atoms with Crippen LogP contribution in [0.5, 0.6) is 11.5 Å². The Morgan fingerprint density at radius 3 is 2.37 bits per heavy atom. The van der Waals surface area contributed by atoms with Crippen molar-refractivity contribution in [1.29, 1.82) is 0 Å². The average Bonchev–Trinajstić information content (AvgIpc) is 3.41. The van der Waals surface area contributed by atoms with Crippen molar-refractivity contribution in [3.8, 4) is 11.5 Å². The van der Waals surface area contributed by atoms with Gasteiger partial charge in [-0.1, -0.05) is 0 Å². The third kappa shape index (κ3) is 3.02. The lowest BCUT2D eigenvalue weighted by atomic mass is 10.2. The third-order valence-electron chi connectivity index (χ3n) is 5.95. The molecule has 2 aliphatic heterocycles. The number of nitrogens with zero attached hydrogens (tertiary/aromatic N) is 1. The molecule has 0 spiro atoms. The summed E-state index contributed by atoms with van der Waals surface area (Å²) < 4.78 is 37.4. The number of nitrogens with one attached hydrogen (secondary N) is 1. The van der Waals surface area contributed by atoms with Crippen molar-refractivity contribution in [3.05, 3.63) is 48.5 Å². The number of benzene rings is 2. The van der Waals surface area contributed by atoms with E-state index in [0.717, 1.165) is 17.3 Å². The van der Waals surface area contributed by atoms with E-state index in [9.17, 15) is 13.2 Å². The Balaban J connectivity index is 1.31. The van der Waals surface area contributed by atoms with Gasteiger partial charge in [-0.05, 0) is 55.0 Å². The Bertz CT molecular complexity index is 1070. The summed E-state index contributed by atoms with van der Waals surface area (Å²) in [7, 11) is -2.25. The van der Waals surface area contributed by atoms with Crippen LogP contribution in [0.15, 0.2) is 48.5 Å². The minimum atomic E-state index is -3.81. The first kappa shape index (κ1) is 19.6. The molecule has 1 N–H and O–H groups in total. The van der Waals surface area contributed by atoms with Crippen LogP contribution in [0.25, 0.3) is 0 Å². The van der Waals surface area contributed by atoms with E-state index >= 15 is 0 Å². The maximum atomic E-state index is 13.3. The number of rotatable bonds is 6. The number of methoxy groups -OCH3 is 1. The lowest BCUT2D eigenvalue weighted by molar-refractivity contribution is -0.116. The number of thioether (sulfide) groups is 1. The second kappa shape index (κ2) is 7.09. The summed E-state index contributed by atoms with van der Waals surface area (Å²) in [6.45, 7) is 0.314. The molecule has 2 aromatic rings. The van der Waals surface area contributed by atoms with Crippen LogP contribution in [0.4, 0.5) is 11.4 Å². The molecule has 0 radical (unpaired) electrons. The van der Waals surface area contributed by atoms with E-state index in [-0.39, 0.29) is 12.0 Å². The molecule has 1 saturated carbocycles. The van der Waals surface area contributed by atoms with E-state index in [0.29, 0.717) is 30.1 Å². The molecule has 3 aliphatic rings. The molecule has 0 unspecified atom stereocenters. The Morgan fingerprint density at radius 2 is 1.77 bits per heavy atom. The van der Waals surface area contributed by atoms with E-state index < -0.39 is 20.7 Å². The fourth-order valence-electron chi connectivity index (χ4n) is 4.05. The zero-order chi connectivity index (χ0) is 20.9. The molecular formula is C21H22N2O5S2. The lowest BCUT2D eigenvalue weighted by Gasteiger charge is -2.26. The van der Waals surface area contributed by atoms with Gasteiger partial charge in [-0.2, -0.15) is 11.8 Å². The summed E-state index contributed by atoms with van der Waals surface area (Å²) in [5.41, 5.74) is 1.11. The lowest BCUT2D eigenvalue weighted by Crippen LogP contribution is -2.42. The largest absolute Gasteiger partial charge is 0.497 e. The van der Waals surface area contributed by atoms with Crippen LogP contribution >= 0.6 is 11.8 Å². The van der Waals surface area contributed by atoms with Gasteiger partial charge in [0.1, 0.15) is 17.6 Å². The quantitative estimate of drug-likeness (QED) is 0.735. The molecule has 2 saturated heterocycles. The van der Waals surface area contributed by atoms with Gasteiger partial charge < -0.3 is 14.8 Å². The van der Waals surface area contributed by atoms with Gasteiger partial charge >= 0.3 is 0 Å². The van der Waals surface area contributed by atoms with Gasteiger partial charge in [0.25, 0.3) is 0 Å². The zero-order valence-corrected chi connectivity index (χ0v) is 18.0. The van der Waals surface area contributed by atoms with Crippen molar-refractivity contribution in [1.82, 2.24) is 0 Å². The van der Waals surface area contributed by atoms with Crippen molar-refractivity contribution in [2.45, 2.75) is 17.3 Å². The molecule has 30 heavy (non-hydrogen) atoms. The predicted molar refractivity (Wildman–Crippen MR) is 117 cm³/mol. The van der Waals surface area contributed by atoms with Crippen LogP contribution < -0.4 is 19.1 Å². The Labute approximate surface area is 179 Å². The van der Waals surface area contributed by atoms with Gasteiger partial charge in [0.2, 0.25) is 15.9 Å². The van der Waals surface area contributed by atoms with Crippen LogP contribution in [-0.4, -0.2) is 50.3 Å². The SMILES string of the molecule is COc1ccc(N2C[C@@H]3C[C@]3(C(=O)Nc3ccc(OC4CSC4)cc3)S2(=O)=O)cc1. The minimum Gasteiger partial charge on any atom is -0.497 e. The first-order valence-electron chi connectivity index (χ1n) is 9.76. The fourth-order valence-corrected chi connectivity index (χ4v) is 6.97. The molecule has 1 aliphatic carbocycles. The highest BCUT2D eigenvalue weighted by atomic mass is 32.2. The number of fused-ring (bicyclic) bond motifs is 1. The maximum absolute atomic E-state index is 13.3. The molecule has 0 aromatic heterocycles. The van der Waals surface area contributed by atoms with Gasteiger partial charge in [-0.15, -0.1) is 0 Å². The summed E-state index contributed by atoms with van der Waals surface area (Å²) in [4.78, 5) is 13.0. The number of amides is 1. The van der Waals surface area contributed by atoms with Crippen LogP contribution in [0.1, 0.15) is 6.42 Å². The number of carbonyl (C=O) groups excluding carboxylic acids is 1. The van der Waals surface area contributed by atoms with E-state index in [2.05, 4.69) is 5.32 Å². The first-order valence-corrected chi connectivity index (χ1v) is 12.4. The predicted octanol–water partition coefficient (Wildman–Crippen LogP) is 2.74. The van der Waals surface area contributed by atoms with Crippen molar-refractivity contribution < 1.29 is 22.7 Å². The molecule has 2 heterocycles. The van der Waals surface area contributed by atoms with E-state index in [4.69, 9.17) is 9.47 Å². The average molecular weight is 447 g/mol. The molecule has 2 aromatic carbocycles. The van der Waals surface area contributed by atoms with Gasteiger partial charge in [0.15, 0.2) is 4.75 Å². The highest BCUT2D eigenvalue weighted by Crippen LogP contribution is 2.58. The molecular weight excluding hydrogens is 424 g/mol. The summed E-state index contributed by atoms with van der Waals surface area (Å²) >= 11 is 1.85. The Morgan fingerprint density at radius 1 is 1.10 bits per heavy atom. The zero-order valence-electron chi connectivity index (χ0n) is 16.4. The number of anilines is 2. The van der Waals surface area contributed by atoms with E-state index in [1.807, 2.05) is 11.8 Å². The van der Waals surface area contributed by atoms with Crippen molar-refractivity contribution >= 4 is 39.1 Å². The van der Waals surface area contributed by atoms with Crippen molar-refractivity contribution in [3.63, 3.8) is 0 Å². The van der Waals surface area contributed by atoms with Crippen LogP contribution in [0.3, 0.4) is 0 Å². The number of carbonyl (C=O) groups is 1. The monoisotopic (exact) mass is 446 g/mol. The third-order valence-corrected chi connectivity index (χ3v) is 9.71. The summed E-state index contributed by atoms with van der Waals surface area (Å²) in [6.07, 6.45) is 0.600. The Kier molecular flexibility index (Phi) is 4.62. The second-order valence-electron chi connectivity index (χ2n) is 7.78. The maximum Gasteiger partial charge on any atom is 0.250 e. The van der Waals surface area contributed by atoms with E-state index in [1.165, 1.54) is 4.31 Å². The summed E-state index contributed by atoms with van der Waals surface area (Å²) in [6, 6.07) is 13.9. The molecule has 9 heteroatoms. The van der Waals surface area contributed by atoms with Gasteiger partial charge in [0.05, 0.1) is 12.8 Å². The second-order valence-corrected chi connectivity index (χ2v) is 11.0. The Hall–Kier alpha value is -2.39. The van der Waals surface area contributed by atoms with Crippen LogP contribution in [0.2, 0.25) is 0 Å². The smallest absolute Gasteiger partial charge is 0.250 e. The van der Waals surface area contributed by atoms with Crippen molar-refractivity contribution in [2.75, 3.05) is 34.8 Å². The number of ether oxygens (including phenoxy) is 2. The first-order chi connectivity index (χ1) is 14.4. The molecule has 158 valence electrons. The number of sulfonamides is 1. The van der Waals surface area contributed by atoms with Crippen LogP contribution in [-0.2, 0) is 14.8 Å². The van der Waals surface area contributed by atoms with Crippen LogP contribution in [0, 0.1) is 5.92 Å². The fraction of sp³-hybridized carbons (Fsp3) is 0.381.